The molecule has 0 fully saturated rings. The lowest BCUT2D eigenvalue weighted by Gasteiger charge is -2.15. The average Bonchev–Trinajstić information content (AvgIpc) is 2.60. The van der Waals surface area contributed by atoms with Crippen LogP contribution in [-0.4, -0.2) is 11.3 Å². The lowest BCUT2D eigenvalue weighted by atomic mass is 9.99. The highest BCUT2D eigenvalue weighted by atomic mass is 14.9. The molecule has 0 amide bonds. The minimum absolute atomic E-state index is 0.0324. The Bertz CT molecular complexity index is 440. The summed E-state index contributed by atoms with van der Waals surface area (Å²) in [6.07, 6.45) is 9.58. The van der Waals surface area contributed by atoms with E-state index >= 15 is 0 Å². The first-order valence-corrected chi connectivity index (χ1v) is 5.65. The first kappa shape index (κ1) is 10.9. The number of nitrogens with zero attached hydrogens (tertiary/aromatic N) is 1. The standard InChI is InChI=1S/C15H17N/c1-13-10-12-15(2,16-13)11-6-9-14-7-4-3-5-8-14/h3-10,12H,11H2,1-2H3/b9-6+. The summed E-state index contributed by atoms with van der Waals surface area (Å²) >= 11 is 0. The Labute approximate surface area is 97.2 Å². The molecule has 0 radical (unpaired) electrons. The van der Waals surface area contributed by atoms with Gasteiger partial charge in [-0.3, -0.25) is 4.99 Å². The zero-order valence-electron chi connectivity index (χ0n) is 9.85. The quantitative estimate of drug-likeness (QED) is 0.719. The molecule has 1 nitrogen and oxygen atoms in total. The highest BCUT2D eigenvalue weighted by molar-refractivity contribution is 5.95. The molecule has 82 valence electrons. The molecule has 2 rings (SSSR count). The van der Waals surface area contributed by atoms with Crippen LogP contribution in [0, 0.1) is 0 Å². The van der Waals surface area contributed by atoms with Crippen molar-refractivity contribution in [1.82, 2.24) is 0 Å². The van der Waals surface area contributed by atoms with Gasteiger partial charge >= 0.3 is 0 Å². The molecule has 0 aliphatic carbocycles. The third-order valence-electron chi connectivity index (χ3n) is 2.76. The van der Waals surface area contributed by atoms with E-state index in [-0.39, 0.29) is 5.54 Å². The van der Waals surface area contributed by atoms with E-state index in [1.807, 2.05) is 13.0 Å². The van der Waals surface area contributed by atoms with E-state index in [9.17, 15) is 0 Å². The van der Waals surface area contributed by atoms with Gasteiger partial charge < -0.3 is 0 Å². The highest BCUT2D eigenvalue weighted by Gasteiger charge is 2.21. The molecule has 1 aromatic rings. The van der Waals surface area contributed by atoms with Crippen molar-refractivity contribution in [2.24, 2.45) is 4.99 Å². The van der Waals surface area contributed by atoms with Crippen molar-refractivity contribution in [2.75, 3.05) is 0 Å². The van der Waals surface area contributed by atoms with Crippen LogP contribution in [0.2, 0.25) is 0 Å². The van der Waals surface area contributed by atoms with E-state index in [2.05, 4.69) is 60.5 Å². The molecule has 1 unspecified atom stereocenters. The Morgan fingerprint density at radius 1 is 1.25 bits per heavy atom. The number of hydrogen-bond acceptors (Lipinski definition) is 1. The van der Waals surface area contributed by atoms with Gasteiger partial charge in [0.1, 0.15) is 0 Å². The summed E-state index contributed by atoms with van der Waals surface area (Å²) in [5, 5.41) is 0. The van der Waals surface area contributed by atoms with Gasteiger partial charge in [0.2, 0.25) is 0 Å². The number of benzene rings is 1. The van der Waals surface area contributed by atoms with Gasteiger partial charge in [-0.25, -0.2) is 0 Å². The largest absolute Gasteiger partial charge is 0.279 e. The molecule has 1 aliphatic rings. The van der Waals surface area contributed by atoms with Crippen LogP contribution in [0.15, 0.2) is 53.6 Å². The average molecular weight is 211 g/mol. The Balaban J connectivity index is 1.98. The van der Waals surface area contributed by atoms with E-state index in [0.717, 1.165) is 12.1 Å². The molecule has 1 heterocycles. The second-order valence-electron chi connectivity index (χ2n) is 4.46. The van der Waals surface area contributed by atoms with Crippen molar-refractivity contribution in [2.45, 2.75) is 25.8 Å². The highest BCUT2D eigenvalue weighted by Crippen LogP contribution is 2.23. The van der Waals surface area contributed by atoms with Crippen LogP contribution >= 0.6 is 0 Å². The number of allylic oxidation sites excluding steroid dienone is 1. The molecule has 1 aromatic carbocycles. The molecule has 1 aliphatic heterocycles. The van der Waals surface area contributed by atoms with Crippen molar-refractivity contribution in [3.8, 4) is 0 Å². The predicted octanol–water partition coefficient (Wildman–Crippen LogP) is 3.88. The number of rotatable bonds is 3. The Morgan fingerprint density at radius 2 is 2.00 bits per heavy atom. The lowest BCUT2D eigenvalue weighted by molar-refractivity contribution is 0.609. The van der Waals surface area contributed by atoms with Crippen molar-refractivity contribution in [1.29, 1.82) is 0 Å². The molecule has 1 atom stereocenters. The van der Waals surface area contributed by atoms with Crippen LogP contribution in [0.25, 0.3) is 6.08 Å². The second kappa shape index (κ2) is 4.48. The summed E-state index contributed by atoms with van der Waals surface area (Å²) in [5.74, 6) is 0. The Kier molecular flexibility index (Phi) is 3.04. The van der Waals surface area contributed by atoms with E-state index in [1.165, 1.54) is 5.56 Å². The smallest absolute Gasteiger partial charge is 0.0800 e. The van der Waals surface area contributed by atoms with Gasteiger partial charge in [-0.2, -0.15) is 0 Å². The summed E-state index contributed by atoms with van der Waals surface area (Å²) in [6.45, 7) is 4.21. The van der Waals surface area contributed by atoms with Crippen LogP contribution in [0.1, 0.15) is 25.8 Å². The fourth-order valence-electron chi connectivity index (χ4n) is 1.89. The molecular formula is C15H17N. The summed E-state index contributed by atoms with van der Waals surface area (Å²) < 4.78 is 0. The zero-order chi connectivity index (χ0) is 11.4. The monoisotopic (exact) mass is 211 g/mol. The van der Waals surface area contributed by atoms with Crippen LogP contribution in [0.5, 0.6) is 0 Å². The Morgan fingerprint density at radius 3 is 2.62 bits per heavy atom. The summed E-state index contributed by atoms with van der Waals surface area (Å²) in [4.78, 5) is 4.61. The van der Waals surface area contributed by atoms with Gasteiger partial charge in [0.25, 0.3) is 0 Å². The maximum atomic E-state index is 4.61. The van der Waals surface area contributed by atoms with E-state index in [4.69, 9.17) is 0 Å². The third kappa shape index (κ3) is 2.69. The van der Waals surface area contributed by atoms with Crippen LogP contribution < -0.4 is 0 Å². The van der Waals surface area contributed by atoms with Crippen LogP contribution in [0.3, 0.4) is 0 Å². The minimum Gasteiger partial charge on any atom is -0.279 e. The van der Waals surface area contributed by atoms with Crippen molar-refractivity contribution in [3.63, 3.8) is 0 Å². The van der Waals surface area contributed by atoms with Gasteiger partial charge in [-0.05, 0) is 31.9 Å². The number of aliphatic imine (C=N–C) groups is 1. The maximum Gasteiger partial charge on any atom is 0.0800 e. The fourth-order valence-corrected chi connectivity index (χ4v) is 1.89. The first-order valence-electron chi connectivity index (χ1n) is 5.65. The third-order valence-corrected chi connectivity index (χ3v) is 2.76. The fraction of sp³-hybridized carbons (Fsp3) is 0.267. The summed E-state index contributed by atoms with van der Waals surface area (Å²) in [6, 6.07) is 10.4. The van der Waals surface area contributed by atoms with Gasteiger partial charge in [0.05, 0.1) is 5.54 Å². The predicted molar refractivity (Wildman–Crippen MR) is 70.7 cm³/mol. The van der Waals surface area contributed by atoms with Gasteiger partial charge in [-0.1, -0.05) is 48.6 Å². The van der Waals surface area contributed by atoms with Crippen molar-refractivity contribution in [3.05, 3.63) is 54.1 Å². The van der Waals surface area contributed by atoms with Crippen LogP contribution in [-0.2, 0) is 0 Å². The number of hydrogen-bond donors (Lipinski definition) is 0. The normalized spacial score (nSPS) is 24.0. The SMILES string of the molecule is CC1=NC(C)(C/C=C/c2ccccc2)C=C1. The maximum absolute atomic E-state index is 4.61. The van der Waals surface area contributed by atoms with Gasteiger partial charge in [0, 0.05) is 5.71 Å². The Hall–Kier alpha value is -1.63. The molecule has 0 saturated heterocycles. The van der Waals surface area contributed by atoms with Crippen molar-refractivity contribution >= 4 is 11.8 Å². The molecule has 0 N–H and O–H groups in total. The first-order chi connectivity index (χ1) is 7.68. The van der Waals surface area contributed by atoms with Gasteiger partial charge in [-0.15, -0.1) is 0 Å². The van der Waals surface area contributed by atoms with E-state index in [1.54, 1.807) is 0 Å². The van der Waals surface area contributed by atoms with E-state index in [0.29, 0.717) is 0 Å². The second-order valence-corrected chi connectivity index (χ2v) is 4.46. The van der Waals surface area contributed by atoms with Gasteiger partial charge in [0.15, 0.2) is 0 Å². The molecule has 0 bridgehead atoms. The van der Waals surface area contributed by atoms with Crippen LogP contribution in [0.4, 0.5) is 0 Å². The van der Waals surface area contributed by atoms with Crippen molar-refractivity contribution < 1.29 is 0 Å². The van der Waals surface area contributed by atoms with E-state index < -0.39 is 0 Å². The zero-order valence-corrected chi connectivity index (χ0v) is 9.85. The molecule has 0 saturated carbocycles. The topological polar surface area (TPSA) is 12.4 Å². The molecular weight excluding hydrogens is 194 g/mol. The molecule has 1 heteroatoms. The molecule has 0 spiro atoms. The minimum atomic E-state index is -0.0324. The summed E-state index contributed by atoms with van der Waals surface area (Å²) in [7, 11) is 0. The molecule has 0 aromatic heterocycles. The summed E-state index contributed by atoms with van der Waals surface area (Å²) in [5.41, 5.74) is 2.33. The molecule has 16 heavy (non-hydrogen) atoms. The lowest BCUT2D eigenvalue weighted by Crippen LogP contribution is -2.14.